The van der Waals surface area contributed by atoms with E-state index in [-0.39, 0.29) is 11.9 Å². The number of aromatic nitrogens is 4. The van der Waals surface area contributed by atoms with Gasteiger partial charge in [-0.2, -0.15) is 5.10 Å². The summed E-state index contributed by atoms with van der Waals surface area (Å²) in [5.41, 5.74) is 3.27. The van der Waals surface area contributed by atoms with Crippen molar-refractivity contribution in [3.63, 3.8) is 0 Å². The third-order valence-electron chi connectivity index (χ3n) is 4.81. The number of carbonyl (C=O) groups is 1. The Bertz CT molecular complexity index is 1150. The fourth-order valence-electron chi connectivity index (χ4n) is 3.22. The molecule has 1 amide bonds. The number of pyridine rings is 1. The second-order valence-corrected chi connectivity index (χ2v) is 9.06. The van der Waals surface area contributed by atoms with E-state index in [1.807, 2.05) is 33.6 Å². The number of nitrogens with zero attached hydrogens (tertiary/aromatic N) is 4. The van der Waals surface area contributed by atoms with Crippen LogP contribution in [-0.4, -0.2) is 25.7 Å². The molecule has 142 valence electrons. The van der Waals surface area contributed by atoms with Gasteiger partial charge in [-0.25, -0.2) is 14.6 Å². The molecule has 1 aliphatic rings. The van der Waals surface area contributed by atoms with Crippen LogP contribution in [0, 0.1) is 0 Å². The van der Waals surface area contributed by atoms with Crippen LogP contribution in [0.2, 0.25) is 0 Å². The molecule has 4 heterocycles. The van der Waals surface area contributed by atoms with Gasteiger partial charge in [0, 0.05) is 23.0 Å². The van der Waals surface area contributed by atoms with Crippen LogP contribution in [-0.2, 0) is 0 Å². The van der Waals surface area contributed by atoms with Gasteiger partial charge in [0.2, 0.25) is 0 Å². The second-order valence-electron chi connectivity index (χ2n) is 7.26. The maximum atomic E-state index is 13.1. The normalized spacial score (nSPS) is 14.1. The van der Waals surface area contributed by atoms with Gasteiger partial charge in [-0.3, -0.25) is 10.1 Å². The smallest absolute Gasteiger partial charge is 0.258 e. The molecule has 0 radical (unpaired) electrons. The number of hydrogen-bond donors (Lipinski definition) is 1. The average Bonchev–Trinajstić information content (AvgIpc) is 3.09. The van der Waals surface area contributed by atoms with E-state index in [1.54, 1.807) is 17.5 Å². The van der Waals surface area contributed by atoms with Gasteiger partial charge in [-0.1, -0.05) is 6.07 Å². The average molecular weight is 410 g/mol. The Kier molecular flexibility index (Phi) is 4.25. The largest absolute Gasteiger partial charge is 0.298 e. The van der Waals surface area contributed by atoms with Crippen molar-refractivity contribution in [1.29, 1.82) is 0 Å². The summed E-state index contributed by atoms with van der Waals surface area (Å²) in [7, 11) is 0. The van der Waals surface area contributed by atoms with Crippen molar-refractivity contribution in [3.05, 3.63) is 46.4 Å². The Morgan fingerprint density at radius 3 is 2.86 bits per heavy atom. The van der Waals surface area contributed by atoms with E-state index >= 15 is 0 Å². The lowest BCUT2D eigenvalue weighted by Gasteiger charge is -2.10. The highest BCUT2D eigenvalue weighted by Gasteiger charge is 2.28. The highest BCUT2D eigenvalue weighted by atomic mass is 32.1. The van der Waals surface area contributed by atoms with Crippen LogP contribution in [0.5, 0.6) is 0 Å². The molecule has 0 atom stereocenters. The van der Waals surface area contributed by atoms with E-state index in [0.717, 1.165) is 40.1 Å². The molecule has 6 nitrogen and oxygen atoms in total. The maximum Gasteiger partial charge on any atom is 0.258 e. The Hall–Kier alpha value is -2.58. The topological polar surface area (TPSA) is 72.7 Å². The Labute approximate surface area is 170 Å². The number of hydrogen-bond acceptors (Lipinski definition) is 6. The van der Waals surface area contributed by atoms with Crippen LogP contribution in [0.3, 0.4) is 0 Å². The molecule has 1 saturated carbocycles. The predicted octanol–water partition coefficient (Wildman–Crippen LogP) is 5.33. The van der Waals surface area contributed by atoms with Crippen molar-refractivity contribution < 1.29 is 4.79 Å². The first kappa shape index (κ1) is 17.5. The summed E-state index contributed by atoms with van der Waals surface area (Å²) in [5, 5.41) is 12.8. The summed E-state index contributed by atoms with van der Waals surface area (Å²) in [5.74, 6) is 0.293. The van der Waals surface area contributed by atoms with E-state index in [0.29, 0.717) is 16.6 Å². The van der Waals surface area contributed by atoms with Gasteiger partial charge in [-0.05, 0) is 44.2 Å². The number of carbonyl (C=O) groups excluding carboxylic acids is 1. The third kappa shape index (κ3) is 3.12. The molecule has 0 aromatic carbocycles. The van der Waals surface area contributed by atoms with E-state index in [9.17, 15) is 4.79 Å². The minimum Gasteiger partial charge on any atom is -0.298 e. The molecule has 8 heteroatoms. The molecule has 4 aromatic heterocycles. The number of amides is 1. The molecule has 0 aliphatic heterocycles. The predicted molar refractivity (Wildman–Crippen MR) is 113 cm³/mol. The first-order chi connectivity index (χ1) is 13.6. The standard InChI is InChI=1S/C20H19N5OS2/c1-11(2)25-18-14(9-21-25)13(8-15(22-18)12-5-6-12)19(26)24-20-23-16(10-28-20)17-4-3-7-27-17/h3-4,7-12H,5-6H2,1-2H3,(H,23,24,26). The van der Waals surface area contributed by atoms with Gasteiger partial charge in [-0.15, -0.1) is 22.7 Å². The van der Waals surface area contributed by atoms with Crippen molar-refractivity contribution >= 4 is 44.7 Å². The number of nitrogens with one attached hydrogen (secondary N) is 1. The molecule has 0 unspecified atom stereocenters. The maximum absolute atomic E-state index is 13.1. The fraction of sp³-hybridized carbons (Fsp3) is 0.300. The molecule has 1 aliphatic carbocycles. The highest BCUT2D eigenvalue weighted by molar-refractivity contribution is 7.16. The van der Waals surface area contributed by atoms with Gasteiger partial charge in [0.1, 0.15) is 0 Å². The molecule has 0 spiro atoms. The van der Waals surface area contributed by atoms with Crippen LogP contribution in [0.1, 0.15) is 54.7 Å². The van der Waals surface area contributed by atoms with Gasteiger partial charge in [0.05, 0.1) is 27.7 Å². The number of anilines is 1. The minimum atomic E-state index is -0.162. The van der Waals surface area contributed by atoms with Crippen molar-refractivity contribution in [2.24, 2.45) is 0 Å². The van der Waals surface area contributed by atoms with Gasteiger partial charge >= 0.3 is 0 Å². The SMILES string of the molecule is CC(C)n1ncc2c(C(=O)Nc3nc(-c4cccs4)cs3)cc(C3CC3)nc21. The van der Waals surface area contributed by atoms with Crippen LogP contribution in [0.25, 0.3) is 21.6 Å². The summed E-state index contributed by atoms with van der Waals surface area (Å²) < 4.78 is 1.89. The van der Waals surface area contributed by atoms with E-state index in [4.69, 9.17) is 4.98 Å². The summed E-state index contributed by atoms with van der Waals surface area (Å²) in [4.78, 5) is 23.6. The monoisotopic (exact) mass is 409 g/mol. The highest BCUT2D eigenvalue weighted by Crippen LogP contribution is 2.40. The minimum absolute atomic E-state index is 0.162. The zero-order valence-corrected chi connectivity index (χ0v) is 17.2. The lowest BCUT2D eigenvalue weighted by Crippen LogP contribution is -2.13. The molecular weight excluding hydrogens is 390 g/mol. The van der Waals surface area contributed by atoms with Crippen molar-refractivity contribution in [1.82, 2.24) is 19.7 Å². The lowest BCUT2D eigenvalue weighted by atomic mass is 10.1. The number of rotatable bonds is 5. The summed E-state index contributed by atoms with van der Waals surface area (Å²) in [6.45, 7) is 4.14. The molecule has 1 N–H and O–H groups in total. The van der Waals surface area contributed by atoms with E-state index in [1.165, 1.54) is 11.3 Å². The molecule has 5 rings (SSSR count). The third-order valence-corrected chi connectivity index (χ3v) is 6.46. The Morgan fingerprint density at radius 2 is 2.14 bits per heavy atom. The van der Waals surface area contributed by atoms with Crippen LogP contribution >= 0.6 is 22.7 Å². The van der Waals surface area contributed by atoms with Gasteiger partial charge in [0.25, 0.3) is 5.91 Å². The summed E-state index contributed by atoms with van der Waals surface area (Å²) >= 11 is 3.07. The van der Waals surface area contributed by atoms with Gasteiger partial charge in [0.15, 0.2) is 10.8 Å². The first-order valence-corrected chi connectivity index (χ1v) is 11.0. The molecule has 0 saturated heterocycles. The van der Waals surface area contributed by atoms with E-state index in [2.05, 4.69) is 29.2 Å². The summed E-state index contributed by atoms with van der Waals surface area (Å²) in [6.07, 6.45) is 4.00. The van der Waals surface area contributed by atoms with Crippen molar-refractivity contribution in [2.75, 3.05) is 5.32 Å². The van der Waals surface area contributed by atoms with Crippen molar-refractivity contribution in [2.45, 2.75) is 38.6 Å². The number of fused-ring (bicyclic) bond motifs is 1. The van der Waals surface area contributed by atoms with Crippen LogP contribution < -0.4 is 5.32 Å². The number of thiazole rings is 1. The fourth-order valence-corrected chi connectivity index (χ4v) is 4.69. The van der Waals surface area contributed by atoms with Gasteiger partial charge < -0.3 is 0 Å². The molecule has 0 bridgehead atoms. The Balaban J connectivity index is 1.50. The molecule has 1 fully saturated rings. The molecular formula is C20H19N5OS2. The van der Waals surface area contributed by atoms with Crippen LogP contribution in [0.4, 0.5) is 5.13 Å². The molecule has 4 aromatic rings. The molecule has 28 heavy (non-hydrogen) atoms. The first-order valence-electron chi connectivity index (χ1n) is 9.29. The summed E-state index contributed by atoms with van der Waals surface area (Å²) in [6, 6.07) is 6.13. The quantitative estimate of drug-likeness (QED) is 0.484. The second kappa shape index (κ2) is 6.79. The Morgan fingerprint density at radius 1 is 1.29 bits per heavy atom. The number of thiophene rings is 1. The van der Waals surface area contributed by atoms with Crippen molar-refractivity contribution in [3.8, 4) is 10.6 Å². The zero-order valence-electron chi connectivity index (χ0n) is 15.5. The van der Waals surface area contributed by atoms with Crippen LogP contribution in [0.15, 0.2) is 35.2 Å². The van der Waals surface area contributed by atoms with E-state index < -0.39 is 0 Å². The lowest BCUT2D eigenvalue weighted by molar-refractivity contribution is 0.102. The zero-order chi connectivity index (χ0) is 19.3.